The third kappa shape index (κ3) is 8.39. The van der Waals surface area contributed by atoms with Crippen molar-refractivity contribution in [3.63, 3.8) is 0 Å². The summed E-state index contributed by atoms with van der Waals surface area (Å²) in [6.45, 7) is 6.49. The summed E-state index contributed by atoms with van der Waals surface area (Å²) in [6.07, 6.45) is 2.92. The van der Waals surface area contributed by atoms with Crippen molar-refractivity contribution in [3.8, 4) is 17.6 Å². The zero-order valence-corrected chi connectivity index (χ0v) is 13.1. The number of benzene rings is 1. The van der Waals surface area contributed by atoms with Gasteiger partial charge in [-0.25, -0.2) is 0 Å². The van der Waals surface area contributed by atoms with Crippen LogP contribution in [0.1, 0.15) is 38.7 Å². The second-order valence-corrected chi connectivity index (χ2v) is 5.12. The molecule has 1 aromatic rings. The molecule has 1 unspecified atom stereocenters. The Morgan fingerprint density at radius 2 is 1.95 bits per heavy atom. The van der Waals surface area contributed by atoms with E-state index in [0.29, 0.717) is 25.6 Å². The van der Waals surface area contributed by atoms with Gasteiger partial charge in [-0.05, 0) is 36.6 Å². The van der Waals surface area contributed by atoms with Gasteiger partial charge in [-0.1, -0.05) is 32.1 Å². The van der Waals surface area contributed by atoms with E-state index < -0.39 is 0 Å². The summed E-state index contributed by atoms with van der Waals surface area (Å²) in [7, 11) is 0. The molecule has 0 saturated heterocycles. The molecule has 0 aliphatic rings. The van der Waals surface area contributed by atoms with Crippen LogP contribution in [0.3, 0.4) is 0 Å². The minimum atomic E-state index is 0.102. The van der Waals surface area contributed by atoms with Gasteiger partial charge >= 0.3 is 0 Å². The van der Waals surface area contributed by atoms with Crippen LogP contribution in [-0.4, -0.2) is 31.5 Å². The van der Waals surface area contributed by atoms with Crippen molar-refractivity contribution >= 4 is 0 Å². The number of aliphatic hydroxyl groups excluding tert-OH is 1. The largest absolute Gasteiger partial charge is 0.491 e. The Balaban J connectivity index is 2.20. The van der Waals surface area contributed by atoms with Gasteiger partial charge in [0.25, 0.3) is 0 Å². The van der Waals surface area contributed by atoms with Gasteiger partial charge in [0.1, 0.15) is 12.4 Å². The summed E-state index contributed by atoms with van der Waals surface area (Å²) in [6, 6.07) is 7.65. The Hall–Kier alpha value is -1.50. The van der Waals surface area contributed by atoms with Crippen LogP contribution in [0.25, 0.3) is 0 Å². The predicted octanol–water partition coefficient (Wildman–Crippen LogP) is 3.25. The van der Waals surface area contributed by atoms with Gasteiger partial charge in [-0.2, -0.15) is 0 Å². The quantitative estimate of drug-likeness (QED) is 0.560. The molecule has 21 heavy (non-hydrogen) atoms. The average Bonchev–Trinajstić information content (AvgIpc) is 2.49. The van der Waals surface area contributed by atoms with Crippen molar-refractivity contribution in [3.05, 3.63) is 29.8 Å². The molecule has 0 bridgehead atoms. The van der Waals surface area contributed by atoms with Gasteiger partial charge in [0.15, 0.2) is 0 Å². The van der Waals surface area contributed by atoms with Gasteiger partial charge in [0.2, 0.25) is 0 Å². The second-order valence-electron chi connectivity index (χ2n) is 5.12. The molecule has 0 fully saturated rings. The molecular formula is C18H26O3. The molecular weight excluding hydrogens is 264 g/mol. The highest BCUT2D eigenvalue weighted by Gasteiger charge is 2.00. The molecule has 0 radical (unpaired) electrons. The third-order valence-electron chi connectivity index (χ3n) is 3.00. The van der Waals surface area contributed by atoms with Crippen molar-refractivity contribution in [2.24, 2.45) is 5.92 Å². The van der Waals surface area contributed by atoms with Crippen LogP contribution in [0.5, 0.6) is 5.75 Å². The van der Waals surface area contributed by atoms with Crippen molar-refractivity contribution in [2.45, 2.75) is 33.1 Å². The summed E-state index contributed by atoms with van der Waals surface area (Å²) < 4.78 is 11.2. The van der Waals surface area contributed by atoms with Gasteiger partial charge < -0.3 is 14.6 Å². The van der Waals surface area contributed by atoms with E-state index in [9.17, 15) is 0 Å². The number of aliphatic hydroxyl groups is 1. The Morgan fingerprint density at radius 3 is 2.62 bits per heavy atom. The van der Waals surface area contributed by atoms with Crippen LogP contribution in [0, 0.1) is 17.8 Å². The van der Waals surface area contributed by atoms with E-state index in [0.717, 1.165) is 17.9 Å². The first-order valence-corrected chi connectivity index (χ1v) is 7.66. The smallest absolute Gasteiger partial charge is 0.119 e. The SMILES string of the molecule is CCCC(C)COCCOc1ccc(C#CCCO)cc1. The Kier molecular flexibility index (Phi) is 9.35. The summed E-state index contributed by atoms with van der Waals surface area (Å²) in [5, 5.41) is 8.66. The maximum atomic E-state index is 8.66. The summed E-state index contributed by atoms with van der Waals surface area (Å²) in [5.41, 5.74) is 0.931. The standard InChI is InChI=1S/C18H26O3/c1-3-6-16(2)15-20-13-14-21-18-10-8-17(9-11-18)7-4-5-12-19/h8-11,16,19H,3,5-6,12-15H2,1-2H3. The molecule has 0 saturated carbocycles. The Morgan fingerprint density at radius 1 is 1.19 bits per heavy atom. The highest BCUT2D eigenvalue weighted by Crippen LogP contribution is 2.11. The Labute approximate surface area is 128 Å². The lowest BCUT2D eigenvalue weighted by Crippen LogP contribution is -2.11. The van der Waals surface area contributed by atoms with Gasteiger partial charge in [0, 0.05) is 18.6 Å². The van der Waals surface area contributed by atoms with Crippen molar-refractivity contribution in [1.29, 1.82) is 0 Å². The molecule has 0 aliphatic heterocycles. The molecule has 0 heterocycles. The van der Waals surface area contributed by atoms with Crippen molar-refractivity contribution in [1.82, 2.24) is 0 Å². The average molecular weight is 290 g/mol. The maximum Gasteiger partial charge on any atom is 0.119 e. The minimum Gasteiger partial charge on any atom is -0.491 e. The fourth-order valence-corrected chi connectivity index (χ4v) is 1.93. The van der Waals surface area contributed by atoms with Crippen LogP contribution >= 0.6 is 0 Å². The van der Waals surface area contributed by atoms with Crippen LogP contribution < -0.4 is 4.74 Å². The van der Waals surface area contributed by atoms with E-state index in [-0.39, 0.29) is 6.61 Å². The fourth-order valence-electron chi connectivity index (χ4n) is 1.93. The topological polar surface area (TPSA) is 38.7 Å². The first-order valence-electron chi connectivity index (χ1n) is 7.66. The number of hydrogen-bond donors (Lipinski definition) is 1. The number of rotatable bonds is 9. The highest BCUT2D eigenvalue weighted by molar-refractivity contribution is 5.38. The highest BCUT2D eigenvalue weighted by atomic mass is 16.5. The Bertz CT molecular complexity index is 428. The summed E-state index contributed by atoms with van der Waals surface area (Å²) in [4.78, 5) is 0. The predicted molar refractivity (Wildman–Crippen MR) is 85.4 cm³/mol. The molecule has 3 nitrogen and oxygen atoms in total. The van der Waals surface area contributed by atoms with Crippen LogP contribution in [0.2, 0.25) is 0 Å². The number of ether oxygens (including phenoxy) is 2. The molecule has 0 amide bonds. The fraction of sp³-hybridized carbons (Fsp3) is 0.556. The molecule has 1 N–H and O–H groups in total. The molecule has 1 rings (SSSR count). The zero-order valence-electron chi connectivity index (χ0n) is 13.1. The first kappa shape index (κ1) is 17.6. The van der Waals surface area contributed by atoms with E-state index in [1.165, 1.54) is 12.8 Å². The van der Waals surface area contributed by atoms with E-state index in [2.05, 4.69) is 25.7 Å². The normalized spacial score (nSPS) is 11.6. The van der Waals surface area contributed by atoms with Crippen molar-refractivity contribution < 1.29 is 14.6 Å². The second kappa shape index (κ2) is 11.2. The summed E-state index contributed by atoms with van der Waals surface area (Å²) in [5.74, 6) is 7.32. The lowest BCUT2D eigenvalue weighted by atomic mass is 10.1. The van der Waals surface area contributed by atoms with Crippen LogP contribution in [0.4, 0.5) is 0 Å². The molecule has 1 atom stereocenters. The maximum absolute atomic E-state index is 8.66. The molecule has 1 aromatic carbocycles. The van der Waals surface area contributed by atoms with E-state index in [4.69, 9.17) is 14.6 Å². The minimum absolute atomic E-state index is 0.102. The monoisotopic (exact) mass is 290 g/mol. The van der Waals surface area contributed by atoms with E-state index in [1.54, 1.807) is 0 Å². The van der Waals surface area contributed by atoms with Gasteiger partial charge in [-0.15, -0.1) is 0 Å². The lowest BCUT2D eigenvalue weighted by Gasteiger charge is -2.11. The number of hydrogen-bond acceptors (Lipinski definition) is 3. The van der Waals surface area contributed by atoms with E-state index >= 15 is 0 Å². The first-order chi connectivity index (χ1) is 10.3. The molecule has 3 heteroatoms. The molecule has 0 aromatic heterocycles. The summed E-state index contributed by atoms with van der Waals surface area (Å²) >= 11 is 0. The molecule has 0 aliphatic carbocycles. The lowest BCUT2D eigenvalue weighted by molar-refractivity contribution is 0.0758. The van der Waals surface area contributed by atoms with Gasteiger partial charge in [0.05, 0.1) is 13.2 Å². The van der Waals surface area contributed by atoms with Gasteiger partial charge in [-0.3, -0.25) is 0 Å². The van der Waals surface area contributed by atoms with E-state index in [1.807, 2.05) is 24.3 Å². The molecule has 0 spiro atoms. The van der Waals surface area contributed by atoms with Crippen molar-refractivity contribution in [2.75, 3.05) is 26.4 Å². The third-order valence-corrected chi connectivity index (χ3v) is 3.00. The van der Waals surface area contributed by atoms with Crippen LogP contribution in [-0.2, 0) is 4.74 Å². The van der Waals surface area contributed by atoms with Crippen LogP contribution in [0.15, 0.2) is 24.3 Å². The molecule has 116 valence electrons. The zero-order chi connectivity index (χ0) is 15.3.